The highest BCUT2D eigenvalue weighted by Gasteiger charge is 2.28. The van der Waals surface area contributed by atoms with Gasteiger partial charge in [0.2, 0.25) is 11.8 Å². The molecule has 142 valence electrons. The normalized spacial score (nSPS) is 15.3. The molecule has 8 heteroatoms. The van der Waals surface area contributed by atoms with Gasteiger partial charge in [-0.15, -0.1) is 0 Å². The minimum atomic E-state index is -0.446. The monoisotopic (exact) mass is 379 g/mol. The summed E-state index contributed by atoms with van der Waals surface area (Å²) in [5, 5.41) is 14.2. The zero-order valence-corrected chi connectivity index (χ0v) is 15.1. The van der Waals surface area contributed by atoms with E-state index in [9.17, 15) is 9.18 Å². The molecule has 1 atom stereocenters. The van der Waals surface area contributed by atoms with Crippen LogP contribution >= 0.6 is 0 Å². The van der Waals surface area contributed by atoms with Gasteiger partial charge in [-0.2, -0.15) is 10.4 Å². The molecule has 28 heavy (non-hydrogen) atoms. The van der Waals surface area contributed by atoms with Crippen molar-refractivity contribution in [3.8, 4) is 11.9 Å². The number of nitriles is 1. The molecule has 1 aliphatic rings. The summed E-state index contributed by atoms with van der Waals surface area (Å²) in [7, 11) is 0. The van der Waals surface area contributed by atoms with Gasteiger partial charge in [0, 0.05) is 37.5 Å². The lowest BCUT2D eigenvalue weighted by molar-refractivity contribution is -0.133. The highest BCUT2D eigenvalue weighted by atomic mass is 19.1. The molecule has 2 aromatic rings. The first-order valence-corrected chi connectivity index (χ1v) is 8.67. The third-order valence-corrected chi connectivity index (χ3v) is 4.18. The Morgan fingerprint density at radius 2 is 2.21 bits per heavy atom. The highest BCUT2D eigenvalue weighted by Crippen LogP contribution is 2.29. The number of pyridine rings is 2. The molecule has 1 aliphatic heterocycles. The molecule has 0 spiro atoms. The predicted octanol–water partition coefficient (Wildman–Crippen LogP) is 3.16. The SMILES string of the molecule is C=C(CCC(=O)N1N=CCC1c1cncc(F)c1)COc1ccc(C#N)cn1. The first-order valence-electron chi connectivity index (χ1n) is 8.67. The fourth-order valence-electron chi connectivity index (χ4n) is 2.72. The molecule has 0 saturated heterocycles. The molecule has 1 amide bonds. The Morgan fingerprint density at radius 1 is 1.36 bits per heavy atom. The van der Waals surface area contributed by atoms with E-state index in [2.05, 4.69) is 21.6 Å². The summed E-state index contributed by atoms with van der Waals surface area (Å²) in [5.74, 6) is -0.242. The van der Waals surface area contributed by atoms with Crippen LogP contribution in [0.25, 0.3) is 0 Å². The summed E-state index contributed by atoms with van der Waals surface area (Å²) in [6.45, 7) is 4.13. The van der Waals surface area contributed by atoms with Gasteiger partial charge in [-0.25, -0.2) is 14.4 Å². The third kappa shape index (κ3) is 4.76. The van der Waals surface area contributed by atoms with Crippen LogP contribution in [0, 0.1) is 17.1 Å². The highest BCUT2D eigenvalue weighted by molar-refractivity contribution is 5.80. The smallest absolute Gasteiger partial charge is 0.243 e. The number of hydrogen-bond donors (Lipinski definition) is 0. The number of rotatable bonds is 7. The van der Waals surface area contributed by atoms with Gasteiger partial charge in [-0.05, 0) is 29.7 Å². The number of hydrazone groups is 1. The van der Waals surface area contributed by atoms with Crippen molar-refractivity contribution in [1.82, 2.24) is 15.0 Å². The molecule has 0 fully saturated rings. The first-order chi connectivity index (χ1) is 13.6. The van der Waals surface area contributed by atoms with Gasteiger partial charge in [0.25, 0.3) is 0 Å². The molecule has 0 saturated carbocycles. The van der Waals surface area contributed by atoms with E-state index in [0.29, 0.717) is 29.8 Å². The molecule has 0 aromatic carbocycles. The van der Waals surface area contributed by atoms with Crippen molar-refractivity contribution >= 4 is 12.1 Å². The van der Waals surface area contributed by atoms with Crippen molar-refractivity contribution < 1.29 is 13.9 Å². The van der Waals surface area contributed by atoms with Crippen molar-refractivity contribution in [3.05, 3.63) is 65.9 Å². The van der Waals surface area contributed by atoms with Gasteiger partial charge in [0.05, 0.1) is 17.8 Å². The second kappa shape index (κ2) is 8.86. The van der Waals surface area contributed by atoms with Gasteiger partial charge in [0.1, 0.15) is 18.5 Å². The average Bonchev–Trinajstić information content (AvgIpc) is 3.21. The molecule has 0 aliphatic carbocycles. The summed E-state index contributed by atoms with van der Waals surface area (Å²) >= 11 is 0. The van der Waals surface area contributed by atoms with E-state index in [1.165, 1.54) is 17.3 Å². The zero-order chi connectivity index (χ0) is 19.9. The van der Waals surface area contributed by atoms with Crippen molar-refractivity contribution in [2.75, 3.05) is 6.61 Å². The molecule has 3 heterocycles. The van der Waals surface area contributed by atoms with Crippen LogP contribution in [-0.4, -0.2) is 33.7 Å². The van der Waals surface area contributed by atoms with E-state index in [0.717, 1.165) is 11.8 Å². The number of amides is 1. The van der Waals surface area contributed by atoms with E-state index < -0.39 is 5.82 Å². The van der Waals surface area contributed by atoms with Crippen LogP contribution in [-0.2, 0) is 4.79 Å². The number of aromatic nitrogens is 2. The maximum absolute atomic E-state index is 13.4. The molecule has 3 rings (SSSR count). The van der Waals surface area contributed by atoms with Gasteiger partial charge in [-0.1, -0.05) is 6.58 Å². The van der Waals surface area contributed by atoms with E-state index in [4.69, 9.17) is 10.00 Å². The second-order valence-electron chi connectivity index (χ2n) is 6.26. The Bertz CT molecular complexity index is 936. The zero-order valence-electron chi connectivity index (χ0n) is 15.1. The number of nitrogens with zero attached hydrogens (tertiary/aromatic N) is 5. The Labute approximate surface area is 161 Å². The summed E-state index contributed by atoms with van der Waals surface area (Å²) < 4.78 is 18.9. The summed E-state index contributed by atoms with van der Waals surface area (Å²) in [6.07, 6.45) is 6.88. The van der Waals surface area contributed by atoms with Crippen LogP contribution in [0.15, 0.2) is 54.0 Å². The van der Waals surface area contributed by atoms with Crippen LogP contribution in [0.5, 0.6) is 5.88 Å². The Morgan fingerprint density at radius 3 is 2.93 bits per heavy atom. The first kappa shape index (κ1) is 19.2. The largest absolute Gasteiger partial charge is 0.473 e. The quantitative estimate of drug-likeness (QED) is 0.689. The number of carbonyl (C=O) groups excluding carboxylic acids is 1. The fraction of sp³-hybridized carbons (Fsp3) is 0.250. The Kier molecular flexibility index (Phi) is 6.07. The molecular formula is C20H18FN5O2. The fourth-order valence-corrected chi connectivity index (χ4v) is 2.72. The Hall–Kier alpha value is -3.60. The second-order valence-corrected chi connectivity index (χ2v) is 6.26. The summed E-state index contributed by atoms with van der Waals surface area (Å²) in [6, 6.07) is 6.22. The lowest BCUT2D eigenvalue weighted by atomic mass is 10.1. The standard InChI is InChI=1S/C20H18FN5O2/c1-14(13-28-19-4-3-15(9-22)10-24-19)2-5-20(27)26-18(6-7-25-26)16-8-17(21)12-23-11-16/h3-4,7-8,10-12,18H,1-2,5-6,13H2. The molecule has 0 bridgehead atoms. The number of ether oxygens (including phenoxy) is 1. The van der Waals surface area contributed by atoms with Crippen molar-refractivity contribution in [1.29, 1.82) is 5.26 Å². The van der Waals surface area contributed by atoms with Crippen LogP contribution in [0.4, 0.5) is 4.39 Å². The third-order valence-electron chi connectivity index (χ3n) is 4.18. The predicted molar refractivity (Wildman–Crippen MR) is 99.7 cm³/mol. The van der Waals surface area contributed by atoms with Crippen LogP contribution in [0.3, 0.4) is 0 Å². The average molecular weight is 379 g/mol. The van der Waals surface area contributed by atoms with Crippen molar-refractivity contribution in [2.45, 2.75) is 25.3 Å². The Balaban J connectivity index is 1.49. The minimum Gasteiger partial charge on any atom is -0.473 e. The lowest BCUT2D eigenvalue weighted by Gasteiger charge is -2.22. The molecule has 0 N–H and O–H groups in total. The molecule has 7 nitrogen and oxygen atoms in total. The summed E-state index contributed by atoms with van der Waals surface area (Å²) in [5.41, 5.74) is 1.79. The van der Waals surface area contributed by atoms with Gasteiger partial charge >= 0.3 is 0 Å². The molecular weight excluding hydrogens is 361 g/mol. The van der Waals surface area contributed by atoms with Crippen molar-refractivity contribution in [3.63, 3.8) is 0 Å². The van der Waals surface area contributed by atoms with Crippen LogP contribution < -0.4 is 4.74 Å². The van der Waals surface area contributed by atoms with Gasteiger partial charge < -0.3 is 4.74 Å². The number of halogens is 1. The maximum atomic E-state index is 13.4. The van der Waals surface area contributed by atoms with E-state index in [1.807, 2.05) is 6.07 Å². The number of hydrogen-bond acceptors (Lipinski definition) is 6. The molecule has 2 aromatic heterocycles. The lowest BCUT2D eigenvalue weighted by Crippen LogP contribution is -2.27. The van der Waals surface area contributed by atoms with Crippen molar-refractivity contribution in [2.24, 2.45) is 5.10 Å². The van der Waals surface area contributed by atoms with Gasteiger partial charge in [0.15, 0.2) is 0 Å². The minimum absolute atomic E-state index is 0.180. The van der Waals surface area contributed by atoms with E-state index in [-0.39, 0.29) is 25.0 Å². The molecule has 0 radical (unpaired) electrons. The number of carbonyl (C=O) groups is 1. The van der Waals surface area contributed by atoms with Crippen LogP contribution in [0.2, 0.25) is 0 Å². The maximum Gasteiger partial charge on any atom is 0.243 e. The molecule has 1 unspecified atom stereocenters. The van der Waals surface area contributed by atoms with Crippen LogP contribution in [0.1, 0.15) is 36.4 Å². The van der Waals surface area contributed by atoms with Gasteiger partial charge in [-0.3, -0.25) is 9.78 Å². The van der Waals surface area contributed by atoms with E-state index in [1.54, 1.807) is 24.5 Å². The summed E-state index contributed by atoms with van der Waals surface area (Å²) in [4.78, 5) is 20.4. The topological polar surface area (TPSA) is 91.5 Å². The van der Waals surface area contributed by atoms with E-state index >= 15 is 0 Å².